The molecular weight excluding hydrogens is 362 g/mol. The number of nitrogens with zero attached hydrogens (tertiary/aromatic N) is 1. The van der Waals surface area contributed by atoms with Crippen LogP contribution in [0.4, 0.5) is 0 Å². The first kappa shape index (κ1) is 17.0. The molecule has 0 radical (unpaired) electrons. The number of phenols is 1. The monoisotopic (exact) mass is 375 g/mol. The number of carbonyl (C=O) groups is 1. The fraction of sp³-hybridized carbons (Fsp3) is 0.111. The Morgan fingerprint density at radius 3 is 2.46 bits per heavy atom. The predicted molar refractivity (Wildman–Crippen MR) is 103 cm³/mol. The molecule has 122 valence electrons. The first-order valence-electron chi connectivity index (χ1n) is 7.32. The van der Waals surface area contributed by atoms with E-state index in [4.69, 9.17) is 23.8 Å². The average molecular weight is 376 g/mol. The third-order valence-electron chi connectivity index (χ3n) is 3.60. The molecule has 1 aliphatic rings. The Kier molecular flexibility index (Phi) is 5.23. The molecule has 1 N–H and O–H groups in total. The van der Waals surface area contributed by atoms with Crippen LogP contribution in [0.1, 0.15) is 11.1 Å². The molecule has 1 aliphatic heterocycles. The summed E-state index contributed by atoms with van der Waals surface area (Å²) in [6.45, 7) is 0.521. The number of rotatable bonds is 4. The molecule has 0 aromatic heterocycles. The maximum Gasteiger partial charge on any atom is 0.266 e. The van der Waals surface area contributed by atoms with Crippen molar-refractivity contribution >= 4 is 51.9 Å². The molecule has 1 fully saturated rings. The van der Waals surface area contributed by atoms with E-state index in [1.54, 1.807) is 29.2 Å². The van der Waals surface area contributed by atoms with Gasteiger partial charge in [-0.3, -0.25) is 9.69 Å². The highest BCUT2D eigenvalue weighted by Crippen LogP contribution is 2.32. The van der Waals surface area contributed by atoms with Crippen LogP contribution in [0.5, 0.6) is 5.75 Å². The van der Waals surface area contributed by atoms with E-state index in [1.165, 1.54) is 11.8 Å². The lowest BCUT2D eigenvalue weighted by Gasteiger charge is -2.14. The zero-order chi connectivity index (χ0) is 17.1. The van der Waals surface area contributed by atoms with Crippen molar-refractivity contribution in [1.29, 1.82) is 0 Å². The molecule has 3 nitrogen and oxygen atoms in total. The predicted octanol–water partition coefficient (Wildman–Crippen LogP) is 4.49. The normalized spacial score (nSPS) is 16.2. The van der Waals surface area contributed by atoms with Crippen LogP contribution in [0.3, 0.4) is 0 Å². The van der Waals surface area contributed by atoms with E-state index in [1.807, 2.05) is 30.3 Å². The van der Waals surface area contributed by atoms with Gasteiger partial charge in [-0.25, -0.2) is 0 Å². The summed E-state index contributed by atoms with van der Waals surface area (Å²) in [5.41, 5.74) is 1.96. The van der Waals surface area contributed by atoms with Crippen molar-refractivity contribution in [2.75, 3.05) is 6.54 Å². The summed E-state index contributed by atoms with van der Waals surface area (Å²) in [5, 5.41) is 9.97. The molecule has 0 aliphatic carbocycles. The first-order valence-corrected chi connectivity index (χ1v) is 8.92. The van der Waals surface area contributed by atoms with Crippen molar-refractivity contribution in [1.82, 2.24) is 4.90 Å². The second kappa shape index (κ2) is 7.38. The standard InChI is InChI=1S/C18H14ClNO2S2/c19-14-5-1-13(2-6-14)11-16-17(22)20(18(23)24-16)10-9-12-3-7-15(21)8-4-12/h1-8,11,21H,9-10H2/b16-11-. The molecule has 0 atom stereocenters. The third kappa shape index (κ3) is 3.98. The van der Waals surface area contributed by atoms with Gasteiger partial charge in [-0.2, -0.15) is 0 Å². The summed E-state index contributed by atoms with van der Waals surface area (Å²) in [7, 11) is 0. The van der Waals surface area contributed by atoms with E-state index in [9.17, 15) is 9.90 Å². The summed E-state index contributed by atoms with van der Waals surface area (Å²) in [5.74, 6) is 0.161. The van der Waals surface area contributed by atoms with Gasteiger partial charge in [0, 0.05) is 11.6 Å². The summed E-state index contributed by atoms with van der Waals surface area (Å²) in [4.78, 5) is 14.8. The highest BCUT2D eigenvalue weighted by atomic mass is 35.5. The van der Waals surface area contributed by atoms with Crippen LogP contribution in [0.15, 0.2) is 53.4 Å². The van der Waals surface area contributed by atoms with Crippen LogP contribution in [-0.4, -0.2) is 26.8 Å². The Morgan fingerprint density at radius 2 is 1.79 bits per heavy atom. The van der Waals surface area contributed by atoms with Crippen molar-refractivity contribution in [3.05, 3.63) is 69.6 Å². The van der Waals surface area contributed by atoms with Crippen LogP contribution in [-0.2, 0) is 11.2 Å². The summed E-state index contributed by atoms with van der Waals surface area (Å²) in [6, 6.07) is 14.3. The van der Waals surface area contributed by atoms with E-state index in [0.717, 1.165) is 11.1 Å². The van der Waals surface area contributed by atoms with Crippen LogP contribution in [0.25, 0.3) is 6.08 Å². The number of benzene rings is 2. The number of phenolic OH excluding ortho intramolecular Hbond substituents is 1. The second-order valence-electron chi connectivity index (χ2n) is 5.30. The van der Waals surface area contributed by atoms with Crippen LogP contribution in [0, 0.1) is 0 Å². The van der Waals surface area contributed by atoms with Gasteiger partial charge in [0.25, 0.3) is 5.91 Å². The molecule has 0 saturated carbocycles. The lowest BCUT2D eigenvalue weighted by Crippen LogP contribution is -2.30. The van der Waals surface area contributed by atoms with Gasteiger partial charge in [-0.05, 0) is 47.9 Å². The van der Waals surface area contributed by atoms with E-state index < -0.39 is 0 Å². The summed E-state index contributed by atoms with van der Waals surface area (Å²) >= 11 is 12.5. The minimum Gasteiger partial charge on any atom is -0.508 e. The number of hydrogen-bond acceptors (Lipinski definition) is 4. The van der Waals surface area contributed by atoms with Crippen molar-refractivity contribution in [2.45, 2.75) is 6.42 Å². The molecule has 2 aromatic rings. The summed E-state index contributed by atoms with van der Waals surface area (Å²) in [6.07, 6.45) is 2.51. The van der Waals surface area contributed by atoms with Gasteiger partial charge >= 0.3 is 0 Å². The molecule has 1 heterocycles. The van der Waals surface area contributed by atoms with Crippen molar-refractivity contribution < 1.29 is 9.90 Å². The lowest BCUT2D eigenvalue weighted by atomic mass is 10.1. The molecule has 0 unspecified atom stereocenters. The minimum absolute atomic E-state index is 0.0706. The SMILES string of the molecule is O=C1/C(=C/c2ccc(Cl)cc2)SC(=S)N1CCc1ccc(O)cc1. The Bertz CT molecular complexity index is 801. The molecule has 3 rings (SSSR count). The zero-order valence-corrected chi connectivity index (χ0v) is 15.0. The second-order valence-corrected chi connectivity index (χ2v) is 7.41. The maximum atomic E-state index is 12.5. The fourth-order valence-corrected chi connectivity index (χ4v) is 3.74. The summed E-state index contributed by atoms with van der Waals surface area (Å²) < 4.78 is 0.569. The van der Waals surface area contributed by atoms with Gasteiger partial charge in [0.1, 0.15) is 10.1 Å². The van der Waals surface area contributed by atoms with Crippen LogP contribution in [0.2, 0.25) is 5.02 Å². The minimum atomic E-state index is -0.0706. The molecular formula is C18H14ClNO2S2. The quantitative estimate of drug-likeness (QED) is 0.631. The van der Waals surface area contributed by atoms with E-state index in [0.29, 0.717) is 27.2 Å². The third-order valence-corrected chi connectivity index (χ3v) is 5.23. The van der Waals surface area contributed by atoms with Gasteiger partial charge in [0.2, 0.25) is 0 Å². The molecule has 0 spiro atoms. The maximum absolute atomic E-state index is 12.5. The van der Waals surface area contributed by atoms with E-state index in [2.05, 4.69) is 0 Å². The Morgan fingerprint density at radius 1 is 1.12 bits per heavy atom. The number of thioether (sulfide) groups is 1. The van der Waals surface area contributed by atoms with Crippen molar-refractivity contribution in [3.8, 4) is 5.75 Å². The van der Waals surface area contributed by atoms with Gasteiger partial charge in [-0.1, -0.05) is 59.8 Å². The number of amides is 1. The van der Waals surface area contributed by atoms with Crippen LogP contribution >= 0.6 is 35.6 Å². The first-order chi connectivity index (χ1) is 11.5. The lowest BCUT2D eigenvalue weighted by molar-refractivity contribution is -0.122. The number of halogens is 1. The van der Waals surface area contributed by atoms with Gasteiger partial charge < -0.3 is 5.11 Å². The number of aromatic hydroxyl groups is 1. The molecule has 24 heavy (non-hydrogen) atoms. The fourth-order valence-electron chi connectivity index (χ4n) is 2.31. The number of hydrogen-bond donors (Lipinski definition) is 1. The Labute approximate surface area is 154 Å². The Hall–Kier alpha value is -1.82. The highest BCUT2D eigenvalue weighted by Gasteiger charge is 2.31. The van der Waals surface area contributed by atoms with Gasteiger partial charge in [0.15, 0.2) is 0 Å². The highest BCUT2D eigenvalue weighted by molar-refractivity contribution is 8.26. The topological polar surface area (TPSA) is 40.5 Å². The molecule has 2 aromatic carbocycles. The Balaban J connectivity index is 1.69. The van der Waals surface area contributed by atoms with Gasteiger partial charge in [0.05, 0.1) is 4.91 Å². The number of thiocarbonyl (C=S) groups is 1. The number of carbonyl (C=O) groups excluding carboxylic acids is 1. The van der Waals surface area contributed by atoms with E-state index >= 15 is 0 Å². The molecule has 6 heteroatoms. The van der Waals surface area contributed by atoms with E-state index in [-0.39, 0.29) is 11.7 Å². The van der Waals surface area contributed by atoms with Crippen molar-refractivity contribution in [3.63, 3.8) is 0 Å². The van der Waals surface area contributed by atoms with Gasteiger partial charge in [-0.15, -0.1) is 0 Å². The largest absolute Gasteiger partial charge is 0.508 e. The molecule has 1 amide bonds. The average Bonchev–Trinajstić information content (AvgIpc) is 2.83. The smallest absolute Gasteiger partial charge is 0.266 e. The van der Waals surface area contributed by atoms with Crippen LogP contribution < -0.4 is 0 Å². The van der Waals surface area contributed by atoms with Crippen molar-refractivity contribution in [2.24, 2.45) is 0 Å². The molecule has 1 saturated heterocycles. The molecule has 0 bridgehead atoms. The zero-order valence-electron chi connectivity index (χ0n) is 12.6.